The predicted molar refractivity (Wildman–Crippen MR) is 180 cm³/mol. The number of carbonyl (C=O) groups is 1. The van der Waals surface area contributed by atoms with E-state index in [1.807, 2.05) is 32.9 Å². The second kappa shape index (κ2) is 14.7. The Balaban J connectivity index is 1.41. The van der Waals surface area contributed by atoms with Gasteiger partial charge in [-0.2, -0.15) is 18.2 Å². The molecule has 0 radical (unpaired) electrons. The molecule has 0 fully saturated rings. The summed E-state index contributed by atoms with van der Waals surface area (Å²) in [5.74, 6) is -1.91. The van der Waals surface area contributed by atoms with Crippen molar-refractivity contribution in [3.63, 3.8) is 0 Å². The minimum absolute atomic E-state index is 0.0626. The third-order valence-electron chi connectivity index (χ3n) is 8.17. The van der Waals surface area contributed by atoms with E-state index in [-0.39, 0.29) is 48.8 Å². The van der Waals surface area contributed by atoms with E-state index >= 15 is 0 Å². The normalized spacial score (nSPS) is 12.0. The molecule has 0 unspecified atom stereocenters. The summed E-state index contributed by atoms with van der Waals surface area (Å²) in [5.41, 5.74) is 1.41. The molecule has 1 N–H and O–H groups in total. The summed E-state index contributed by atoms with van der Waals surface area (Å²) in [6.07, 6.45) is -4.27. The minimum Gasteiger partial charge on any atom is -0.336 e. The maximum atomic E-state index is 14.5. The Kier molecular flexibility index (Phi) is 10.6. The van der Waals surface area contributed by atoms with Crippen LogP contribution in [0, 0.1) is 11.6 Å². The Morgan fingerprint density at radius 3 is 2.14 bits per heavy atom. The van der Waals surface area contributed by atoms with Gasteiger partial charge in [0.2, 0.25) is 5.91 Å². The van der Waals surface area contributed by atoms with Gasteiger partial charge >= 0.3 is 6.18 Å². The lowest BCUT2D eigenvalue weighted by Gasteiger charge is -2.27. The van der Waals surface area contributed by atoms with Crippen molar-refractivity contribution in [3.8, 4) is 11.1 Å². The van der Waals surface area contributed by atoms with Crippen LogP contribution in [-0.4, -0.2) is 39.0 Å². The first-order valence-corrected chi connectivity index (χ1v) is 15.9. The van der Waals surface area contributed by atoms with Crippen LogP contribution in [-0.2, 0) is 36.9 Å². The van der Waals surface area contributed by atoms with E-state index < -0.39 is 28.9 Å². The van der Waals surface area contributed by atoms with E-state index in [2.05, 4.69) is 10.3 Å². The summed E-state index contributed by atoms with van der Waals surface area (Å²) in [4.78, 5) is 33.0. The first-order chi connectivity index (χ1) is 23.2. The molecule has 49 heavy (non-hydrogen) atoms. The Morgan fingerprint density at radius 1 is 0.837 bits per heavy atom. The zero-order valence-corrected chi connectivity index (χ0v) is 27.5. The van der Waals surface area contributed by atoms with Gasteiger partial charge in [-0.05, 0) is 79.8 Å². The lowest BCUT2D eigenvalue weighted by molar-refractivity contribution is -0.137. The van der Waals surface area contributed by atoms with Gasteiger partial charge in [0, 0.05) is 31.6 Å². The molecule has 0 atom stereocenters. The van der Waals surface area contributed by atoms with E-state index in [0.29, 0.717) is 29.6 Å². The molecule has 4 aromatic carbocycles. The summed E-state index contributed by atoms with van der Waals surface area (Å²) in [6, 6.07) is 22.9. The lowest BCUT2D eigenvalue weighted by atomic mass is 10.0. The van der Waals surface area contributed by atoms with E-state index in [1.165, 1.54) is 24.3 Å². The third-order valence-corrected chi connectivity index (χ3v) is 8.17. The molecule has 1 amide bonds. The fourth-order valence-electron chi connectivity index (χ4n) is 5.59. The van der Waals surface area contributed by atoms with Crippen LogP contribution in [0.3, 0.4) is 0 Å². The first kappa shape index (κ1) is 35.4. The fourth-order valence-corrected chi connectivity index (χ4v) is 5.59. The number of hydrogen-bond donors (Lipinski definition) is 1. The number of amides is 1. The highest BCUT2D eigenvalue weighted by Crippen LogP contribution is 2.31. The zero-order valence-electron chi connectivity index (χ0n) is 27.5. The predicted octanol–water partition coefficient (Wildman–Crippen LogP) is 7.56. The molecule has 1 aromatic heterocycles. The van der Waals surface area contributed by atoms with Crippen molar-refractivity contribution in [2.24, 2.45) is 0 Å². The van der Waals surface area contributed by atoms with Crippen LogP contribution in [0.1, 0.15) is 43.3 Å². The monoisotopic (exact) mass is 676 g/mol. The number of benzene rings is 4. The molecule has 256 valence electrons. The largest absolute Gasteiger partial charge is 0.416 e. The second-order valence-electron chi connectivity index (χ2n) is 12.9. The number of halogens is 5. The second-order valence-corrected chi connectivity index (χ2v) is 12.9. The molecule has 6 nitrogen and oxygen atoms in total. The van der Waals surface area contributed by atoms with Gasteiger partial charge in [-0.25, -0.2) is 8.78 Å². The molecular weight excluding hydrogens is 639 g/mol. The fraction of sp³-hybridized carbons (Fsp3) is 0.289. The highest BCUT2D eigenvalue weighted by atomic mass is 19.4. The molecule has 1 heterocycles. The van der Waals surface area contributed by atoms with Gasteiger partial charge in [0.15, 0.2) is 11.6 Å². The van der Waals surface area contributed by atoms with Gasteiger partial charge in [-0.15, -0.1) is 0 Å². The quantitative estimate of drug-likeness (QED) is 0.147. The number of alkyl halides is 3. The van der Waals surface area contributed by atoms with Gasteiger partial charge in [0.25, 0.3) is 5.56 Å². The number of aromatic nitrogens is 2. The summed E-state index contributed by atoms with van der Waals surface area (Å²) >= 11 is 0. The van der Waals surface area contributed by atoms with Gasteiger partial charge in [-0.3, -0.25) is 9.59 Å². The van der Waals surface area contributed by atoms with E-state index in [9.17, 15) is 31.5 Å². The Hall–Kier alpha value is -4.90. The molecule has 5 rings (SSSR count). The molecular formula is C38H37F5N4O2. The van der Waals surface area contributed by atoms with Crippen molar-refractivity contribution in [2.45, 2.75) is 58.4 Å². The Labute approximate surface area is 281 Å². The number of para-hydroxylation sites is 1. The van der Waals surface area contributed by atoms with Crippen molar-refractivity contribution >= 4 is 16.8 Å². The van der Waals surface area contributed by atoms with Gasteiger partial charge < -0.3 is 14.8 Å². The maximum absolute atomic E-state index is 14.5. The molecule has 0 aliphatic rings. The van der Waals surface area contributed by atoms with E-state index in [1.54, 1.807) is 45.9 Å². The molecule has 0 spiro atoms. The van der Waals surface area contributed by atoms with Crippen molar-refractivity contribution in [1.29, 1.82) is 0 Å². The van der Waals surface area contributed by atoms with Crippen LogP contribution < -0.4 is 10.9 Å². The van der Waals surface area contributed by atoms with Gasteiger partial charge in [-0.1, -0.05) is 60.7 Å². The van der Waals surface area contributed by atoms with Gasteiger partial charge in [0.05, 0.1) is 16.5 Å². The average molecular weight is 677 g/mol. The standard InChI is InChI=1S/C38H37F5N4O2/c1-37(2,3)44-21-22-46(23-25-11-13-26(14-12-25)27-15-18-29(19-16-27)38(41,42)43)34(48)24-47-32-10-5-4-8-30(32)36(49)45-33(47)20-17-28-7-6-9-31(39)35(28)40/h4-16,18-19,44H,17,20-24H2,1-3H3. The zero-order chi connectivity index (χ0) is 35.3. The average Bonchev–Trinajstić information content (AvgIpc) is 3.06. The first-order valence-electron chi connectivity index (χ1n) is 15.9. The summed E-state index contributed by atoms with van der Waals surface area (Å²) in [6.45, 7) is 6.99. The van der Waals surface area contributed by atoms with Gasteiger partial charge in [0.1, 0.15) is 12.4 Å². The van der Waals surface area contributed by atoms with Crippen LogP contribution in [0.15, 0.2) is 95.8 Å². The summed E-state index contributed by atoms with van der Waals surface area (Å²) in [7, 11) is 0. The topological polar surface area (TPSA) is 67.2 Å². The van der Waals surface area contributed by atoms with Crippen LogP contribution in [0.4, 0.5) is 22.0 Å². The van der Waals surface area contributed by atoms with Crippen LogP contribution in [0.2, 0.25) is 0 Å². The molecule has 0 saturated carbocycles. The molecule has 0 aliphatic heterocycles. The highest BCUT2D eigenvalue weighted by molar-refractivity contribution is 5.82. The Bertz CT molecular complexity index is 1980. The lowest BCUT2D eigenvalue weighted by Crippen LogP contribution is -2.44. The molecule has 0 bridgehead atoms. The highest BCUT2D eigenvalue weighted by Gasteiger charge is 2.30. The number of carbonyl (C=O) groups excluding carboxylic acids is 1. The van der Waals surface area contributed by atoms with E-state index in [0.717, 1.165) is 29.3 Å². The number of rotatable bonds is 11. The number of aryl methyl sites for hydroxylation is 2. The number of nitrogens with one attached hydrogen (secondary N) is 1. The van der Waals surface area contributed by atoms with Crippen molar-refractivity contribution < 1.29 is 26.7 Å². The summed E-state index contributed by atoms with van der Waals surface area (Å²) < 4.78 is 69.1. The number of fused-ring (bicyclic) bond motifs is 1. The number of hydrogen-bond acceptors (Lipinski definition) is 4. The van der Waals surface area contributed by atoms with E-state index in [4.69, 9.17) is 0 Å². The van der Waals surface area contributed by atoms with Crippen LogP contribution >= 0.6 is 0 Å². The summed E-state index contributed by atoms with van der Waals surface area (Å²) in [5, 5.41) is 3.73. The SMILES string of the molecule is CC(C)(C)NCCN(Cc1ccc(-c2ccc(C(F)(F)F)cc2)cc1)C(=O)Cn1c(CCc2cccc(F)c2F)nc(=O)c2ccccc21. The maximum Gasteiger partial charge on any atom is 0.416 e. The Morgan fingerprint density at radius 2 is 1.49 bits per heavy atom. The van der Waals surface area contributed by atoms with Crippen molar-refractivity contribution in [1.82, 2.24) is 19.8 Å². The molecule has 5 aromatic rings. The van der Waals surface area contributed by atoms with Crippen LogP contribution in [0.25, 0.3) is 22.0 Å². The third kappa shape index (κ3) is 8.97. The van der Waals surface area contributed by atoms with Crippen molar-refractivity contribution in [3.05, 3.63) is 135 Å². The number of nitrogens with zero attached hydrogens (tertiary/aromatic N) is 3. The minimum atomic E-state index is -4.42. The van der Waals surface area contributed by atoms with Crippen molar-refractivity contribution in [2.75, 3.05) is 13.1 Å². The molecule has 0 saturated heterocycles. The molecule has 0 aliphatic carbocycles. The van der Waals surface area contributed by atoms with Crippen LogP contribution in [0.5, 0.6) is 0 Å². The smallest absolute Gasteiger partial charge is 0.336 e. The molecule has 11 heteroatoms.